The Kier molecular flexibility index (Phi) is 3.98. The molecule has 1 heterocycles. The lowest BCUT2D eigenvalue weighted by atomic mass is 10.3. The van der Waals surface area contributed by atoms with E-state index >= 15 is 0 Å². The minimum atomic E-state index is 0.221. The summed E-state index contributed by atoms with van der Waals surface area (Å²) in [7, 11) is 3.75. The van der Waals surface area contributed by atoms with Crippen molar-refractivity contribution in [1.29, 1.82) is 0 Å². The molecule has 0 spiro atoms. The first-order valence-electron chi connectivity index (χ1n) is 4.48. The Morgan fingerprint density at radius 1 is 1.77 bits per heavy atom. The number of nitrogens with one attached hydrogen (secondary N) is 1. The Morgan fingerprint density at radius 3 is 3.15 bits per heavy atom. The topological polar surface area (TPSA) is 62.9 Å². The fourth-order valence-corrected chi connectivity index (χ4v) is 1.29. The third-order valence-electron chi connectivity index (χ3n) is 2.09. The maximum absolute atomic E-state index is 5.53. The van der Waals surface area contributed by atoms with E-state index in [-0.39, 0.29) is 6.10 Å². The average Bonchev–Trinajstić information content (AvgIpc) is 2.14. The third-order valence-corrected chi connectivity index (χ3v) is 2.09. The van der Waals surface area contributed by atoms with E-state index in [2.05, 4.69) is 22.3 Å². The minimum Gasteiger partial charge on any atom is -0.374 e. The molecule has 0 radical (unpaired) electrons. The number of aliphatic imine (C=N–C) groups is 1. The van der Waals surface area contributed by atoms with Crippen LogP contribution in [0.2, 0.25) is 0 Å². The van der Waals surface area contributed by atoms with Gasteiger partial charge in [0.1, 0.15) is 0 Å². The van der Waals surface area contributed by atoms with Crippen LogP contribution >= 0.6 is 0 Å². The summed E-state index contributed by atoms with van der Waals surface area (Å²) in [6, 6.07) is 0. The van der Waals surface area contributed by atoms with Crippen LogP contribution in [0.5, 0.6) is 0 Å². The molecule has 1 unspecified atom stereocenters. The van der Waals surface area contributed by atoms with E-state index in [9.17, 15) is 0 Å². The van der Waals surface area contributed by atoms with Gasteiger partial charge in [0, 0.05) is 26.7 Å². The number of ether oxygens (including phenoxy) is 1. The number of nitrogens with zero attached hydrogens (tertiary/aromatic N) is 2. The first-order valence-corrected chi connectivity index (χ1v) is 4.48. The van der Waals surface area contributed by atoms with Crippen LogP contribution in [0.3, 0.4) is 0 Å². The molecule has 0 saturated carbocycles. The van der Waals surface area contributed by atoms with Crippen molar-refractivity contribution in [1.82, 2.24) is 10.2 Å². The van der Waals surface area contributed by atoms with Crippen molar-refractivity contribution < 1.29 is 4.74 Å². The van der Waals surface area contributed by atoms with Crippen molar-refractivity contribution in [2.45, 2.75) is 6.10 Å². The molecule has 76 valence electrons. The molecule has 0 aromatic rings. The van der Waals surface area contributed by atoms with Gasteiger partial charge >= 0.3 is 0 Å². The number of hydrogen-bond donors (Lipinski definition) is 2. The highest BCUT2D eigenvalue weighted by molar-refractivity contribution is 5.77. The second-order valence-corrected chi connectivity index (χ2v) is 3.24. The number of morpholine rings is 1. The van der Waals surface area contributed by atoms with Crippen LogP contribution in [0.4, 0.5) is 0 Å². The Hall–Kier alpha value is -0.810. The number of nitrogens with two attached hydrogens (primary N) is 1. The quantitative estimate of drug-likeness (QED) is 0.422. The van der Waals surface area contributed by atoms with Gasteiger partial charge in [0.05, 0.1) is 12.7 Å². The molecule has 0 aromatic carbocycles. The van der Waals surface area contributed by atoms with Gasteiger partial charge in [-0.2, -0.15) is 0 Å². The van der Waals surface area contributed by atoms with Crippen molar-refractivity contribution >= 4 is 5.96 Å². The molecule has 0 aliphatic carbocycles. The zero-order chi connectivity index (χ0) is 9.68. The summed E-state index contributed by atoms with van der Waals surface area (Å²) in [5.41, 5.74) is 5.49. The summed E-state index contributed by atoms with van der Waals surface area (Å²) in [6.07, 6.45) is 0.221. The SMILES string of the molecule is CN=C(N)NCC1CN(C)CCO1. The van der Waals surface area contributed by atoms with E-state index in [1.54, 1.807) is 7.05 Å². The van der Waals surface area contributed by atoms with E-state index in [0.29, 0.717) is 5.96 Å². The summed E-state index contributed by atoms with van der Waals surface area (Å²) in [6.45, 7) is 3.48. The van der Waals surface area contributed by atoms with E-state index < -0.39 is 0 Å². The molecule has 1 fully saturated rings. The number of hydrogen-bond acceptors (Lipinski definition) is 3. The molecular formula is C8H18N4O. The Balaban J connectivity index is 2.20. The highest BCUT2D eigenvalue weighted by Gasteiger charge is 2.16. The lowest BCUT2D eigenvalue weighted by molar-refractivity contribution is -0.0160. The van der Waals surface area contributed by atoms with Gasteiger partial charge in [0.2, 0.25) is 0 Å². The van der Waals surface area contributed by atoms with Crippen LogP contribution in [0.25, 0.3) is 0 Å². The predicted molar refractivity (Wildman–Crippen MR) is 52.8 cm³/mol. The van der Waals surface area contributed by atoms with Gasteiger partial charge < -0.3 is 20.7 Å². The summed E-state index contributed by atoms with van der Waals surface area (Å²) in [4.78, 5) is 6.05. The zero-order valence-electron chi connectivity index (χ0n) is 8.29. The van der Waals surface area contributed by atoms with Crippen molar-refractivity contribution in [2.75, 3.05) is 40.3 Å². The Bertz CT molecular complexity index is 183. The molecule has 1 aliphatic rings. The third kappa shape index (κ3) is 3.61. The van der Waals surface area contributed by atoms with Crippen molar-refractivity contribution in [2.24, 2.45) is 10.7 Å². The largest absolute Gasteiger partial charge is 0.374 e. The van der Waals surface area contributed by atoms with Crippen LogP contribution in [0, 0.1) is 0 Å². The standard InChI is InChI=1S/C8H18N4O/c1-10-8(9)11-5-7-6-12(2)3-4-13-7/h7H,3-6H2,1-2H3,(H3,9,10,11). The van der Waals surface area contributed by atoms with Gasteiger partial charge in [0.25, 0.3) is 0 Å². The second kappa shape index (κ2) is 5.04. The number of rotatable bonds is 2. The van der Waals surface area contributed by atoms with Gasteiger partial charge in [-0.15, -0.1) is 0 Å². The molecule has 0 aromatic heterocycles. The van der Waals surface area contributed by atoms with Crippen molar-refractivity contribution in [3.63, 3.8) is 0 Å². The molecular weight excluding hydrogens is 168 g/mol. The van der Waals surface area contributed by atoms with Gasteiger partial charge in [-0.05, 0) is 7.05 Å². The monoisotopic (exact) mass is 186 g/mol. The van der Waals surface area contributed by atoms with Gasteiger partial charge in [-0.3, -0.25) is 4.99 Å². The summed E-state index contributed by atoms with van der Waals surface area (Å²) in [5.74, 6) is 0.469. The summed E-state index contributed by atoms with van der Waals surface area (Å²) >= 11 is 0. The number of guanidine groups is 1. The minimum absolute atomic E-state index is 0.221. The van der Waals surface area contributed by atoms with Gasteiger partial charge in [0.15, 0.2) is 5.96 Å². The molecule has 0 bridgehead atoms. The molecule has 1 aliphatic heterocycles. The smallest absolute Gasteiger partial charge is 0.188 e. The van der Waals surface area contributed by atoms with Crippen LogP contribution in [-0.4, -0.2) is 57.3 Å². The maximum Gasteiger partial charge on any atom is 0.188 e. The Labute approximate surface area is 78.9 Å². The molecule has 5 heteroatoms. The van der Waals surface area contributed by atoms with E-state index in [0.717, 1.165) is 26.2 Å². The zero-order valence-corrected chi connectivity index (χ0v) is 8.29. The van der Waals surface area contributed by atoms with Gasteiger partial charge in [-0.25, -0.2) is 0 Å². The van der Waals surface area contributed by atoms with E-state index in [1.165, 1.54) is 0 Å². The average molecular weight is 186 g/mol. The highest BCUT2D eigenvalue weighted by atomic mass is 16.5. The maximum atomic E-state index is 5.53. The lowest BCUT2D eigenvalue weighted by Crippen LogP contribution is -2.47. The van der Waals surface area contributed by atoms with Gasteiger partial charge in [-0.1, -0.05) is 0 Å². The first-order chi connectivity index (χ1) is 6.22. The predicted octanol–water partition coefficient (Wildman–Crippen LogP) is -1.15. The summed E-state index contributed by atoms with van der Waals surface area (Å²) < 4.78 is 5.53. The molecule has 13 heavy (non-hydrogen) atoms. The number of likely N-dealkylation sites (N-methyl/N-ethyl adjacent to an activating group) is 1. The molecule has 3 N–H and O–H groups in total. The van der Waals surface area contributed by atoms with Crippen LogP contribution in [0.1, 0.15) is 0 Å². The molecule has 5 nitrogen and oxygen atoms in total. The lowest BCUT2D eigenvalue weighted by Gasteiger charge is -2.30. The normalized spacial score (nSPS) is 26.0. The molecule has 1 atom stereocenters. The first kappa shape index (κ1) is 10.3. The second-order valence-electron chi connectivity index (χ2n) is 3.24. The van der Waals surface area contributed by atoms with E-state index in [4.69, 9.17) is 10.5 Å². The van der Waals surface area contributed by atoms with Crippen LogP contribution in [0.15, 0.2) is 4.99 Å². The van der Waals surface area contributed by atoms with E-state index in [1.807, 2.05) is 0 Å². The molecule has 1 rings (SSSR count). The van der Waals surface area contributed by atoms with Crippen LogP contribution < -0.4 is 11.1 Å². The Morgan fingerprint density at radius 2 is 2.54 bits per heavy atom. The van der Waals surface area contributed by atoms with Crippen molar-refractivity contribution in [3.05, 3.63) is 0 Å². The highest BCUT2D eigenvalue weighted by Crippen LogP contribution is 2.00. The summed E-state index contributed by atoms with van der Waals surface area (Å²) in [5, 5.41) is 3.00. The van der Waals surface area contributed by atoms with Crippen molar-refractivity contribution in [3.8, 4) is 0 Å². The molecule has 0 amide bonds. The molecule has 1 saturated heterocycles. The fourth-order valence-electron chi connectivity index (χ4n) is 1.29. The fraction of sp³-hybridized carbons (Fsp3) is 0.875. The van der Waals surface area contributed by atoms with Crippen LogP contribution in [-0.2, 0) is 4.74 Å².